The quantitative estimate of drug-likeness (QED) is 0.792. The molecule has 0 saturated carbocycles. The lowest BCUT2D eigenvalue weighted by atomic mass is 9.91. The smallest absolute Gasteiger partial charge is 0.252 e. The summed E-state index contributed by atoms with van der Waals surface area (Å²) in [6.45, 7) is 15.4. The van der Waals surface area contributed by atoms with E-state index in [4.69, 9.17) is 9.47 Å². The van der Waals surface area contributed by atoms with Gasteiger partial charge in [-0.1, -0.05) is 0 Å². The Kier molecular flexibility index (Phi) is 4.96. The van der Waals surface area contributed by atoms with Gasteiger partial charge in [0.25, 0.3) is 5.91 Å². The molecule has 0 radical (unpaired) electrons. The molecule has 0 N–H and O–H groups in total. The molecule has 2 fully saturated rings. The van der Waals surface area contributed by atoms with Gasteiger partial charge in [-0.25, -0.2) is 0 Å². The van der Waals surface area contributed by atoms with Crippen molar-refractivity contribution in [2.24, 2.45) is 0 Å². The van der Waals surface area contributed by atoms with Crippen molar-refractivity contribution < 1.29 is 14.3 Å². The minimum atomic E-state index is -0.323. The minimum absolute atomic E-state index is 0.0506. The van der Waals surface area contributed by atoms with Gasteiger partial charge in [0, 0.05) is 37.1 Å². The van der Waals surface area contributed by atoms with Crippen LogP contribution in [0.2, 0.25) is 0 Å². The summed E-state index contributed by atoms with van der Waals surface area (Å²) in [5.41, 5.74) is -0.187. The third kappa shape index (κ3) is 3.96. The van der Waals surface area contributed by atoms with Crippen molar-refractivity contribution in [1.29, 1.82) is 0 Å². The summed E-state index contributed by atoms with van der Waals surface area (Å²) in [6.07, 6.45) is 0.411. The highest BCUT2D eigenvalue weighted by Gasteiger charge is 2.40. The van der Waals surface area contributed by atoms with Gasteiger partial charge in [-0.2, -0.15) is 0 Å². The van der Waals surface area contributed by atoms with Crippen molar-refractivity contribution in [3.05, 3.63) is 0 Å². The Morgan fingerprint density at radius 1 is 1.05 bits per heavy atom. The second-order valence-electron chi connectivity index (χ2n) is 7.64. The first-order valence-corrected chi connectivity index (χ1v) is 7.98. The molecule has 1 amide bonds. The number of hydrogen-bond acceptors (Lipinski definition) is 4. The van der Waals surface area contributed by atoms with E-state index in [-0.39, 0.29) is 23.1 Å². The summed E-state index contributed by atoms with van der Waals surface area (Å²) in [5.74, 6) is 0.134. The van der Waals surface area contributed by atoms with Crippen LogP contribution in [0.15, 0.2) is 0 Å². The van der Waals surface area contributed by atoms with E-state index in [1.807, 2.05) is 4.90 Å². The summed E-state index contributed by atoms with van der Waals surface area (Å²) >= 11 is 0. The highest BCUT2D eigenvalue weighted by Crippen LogP contribution is 2.27. The Morgan fingerprint density at radius 2 is 1.67 bits per heavy atom. The van der Waals surface area contributed by atoms with Crippen LogP contribution in [0.25, 0.3) is 0 Å². The van der Waals surface area contributed by atoms with Gasteiger partial charge in [0.15, 0.2) is 0 Å². The lowest BCUT2D eigenvalue weighted by molar-refractivity contribution is -0.163. The molecule has 2 heterocycles. The number of carbonyl (C=O) groups is 1. The Hall–Kier alpha value is -0.650. The van der Waals surface area contributed by atoms with Gasteiger partial charge in [-0.3, -0.25) is 9.69 Å². The first kappa shape index (κ1) is 16.7. The van der Waals surface area contributed by atoms with E-state index in [9.17, 15) is 4.79 Å². The molecule has 2 aliphatic rings. The minimum Gasteiger partial charge on any atom is -0.379 e. The van der Waals surface area contributed by atoms with E-state index in [0.29, 0.717) is 13.2 Å². The molecule has 2 rings (SSSR count). The molecule has 0 spiro atoms. The predicted octanol–water partition coefficient (Wildman–Crippen LogP) is 1.51. The highest BCUT2D eigenvalue weighted by atomic mass is 16.5. The normalized spacial score (nSPS) is 26.2. The molecule has 1 atom stereocenters. The van der Waals surface area contributed by atoms with Crippen LogP contribution in [0.5, 0.6) is 0 Å². The van der Waals surface area contributed by atoms with Crippen molar-refractivity contribution in [2.75, 3.05) is 39.5 Å². The zero-order valence-corrected chi connectivity index (χ0v) is 14.1. The molecular formula is C16H30N2O3. The average molecular weight is 298 g/mol. The predicted molar refractivity (Wildman–Crippen MR) is 82.3 cm³/mol. The molecule has 1 unspecified atom stereocenters. The van der Waals surface area contributed by atoms with Crippen LogP contribution in [-0.4, -0.2) is 72.3 Å². The summed E-state index contributed by atoms with van der Waals surface area (Å²) in [6, 6.07) is 0. The van der Waals surface area contributed by atoms with Gasteiger partial charge < -0.3 is 14.4 Å². The molecule has 0 aromatic rings. The fourth-order valence-electron chi connectivity index (χ4n) is 3.21. The Labute approximate surface area is 128 Å². The number of amides is 1. The Morgan fingerprint density at radius 3 is 2.24 bits per heavy atom. The van der Waals surface area contributed by atoms with E-state index in [2.05, 4.69) is 39.5 Å². The molecule has 2 aliphatic heterocycles. The molecular weight excluding hydrogens is 268 g/mol. The molecule has 21 heavy (non-hydrogen) atoms. The molecule has 5 heteroatoms. The topological polar surface area (TPSA) is 42.0 Å². The zero-order valence-electron chi connectivity index (χ0n) is 14.1. The molecule has 0 aromatic carbocycles. The summed E-state index contributed by atoms with van der Waals surface area (Å²) in [4.78, 5) is 17.1. The maximum Gasteiger partial charge on any atom is 0.252 e. The third-order valence-corrected chi connectivity index (χ3v) is 4.54. The maximum absolute atomic E-state index is 12.7. The van der Waals surface area contributed by atoms with Crippen molar-refractivity contribution in [2.45, 2.75) is 58.2 Å². The lowest BCUT2D eigenvalue weighted by Gasteiger charge is -2.46. The zero-order chi connectivity index (χ0) is 15.7. The third-order valence-electron chi connectivity index (χ3n) is 4.54. The SMILES string of the molecule is CC(C)(C)N1CCOC(CC(C)(C)N2CCOCC2)C1=O. The van der Waals surface area contributed by atoms with Crippen LogP contribution in [-0.2, 0) is 14.3 Å². The average Bonchev–Trinajstić information content (AvgIpc) is 2.41. The molecule has 0 aromatic heterocycles. The van der Waals surface area contributed by atoms with E-state index in [1.165, 1.54) is 0 Å². The number of rotatable bonds is 3. The summed E-state index contributed by atoms with van der Waals surface area (Å²) in [5, 5.41) is 0. The number of morpholine rings is 2. The number of hydrogen-bond donors (Lipinski definition) is 0. The standard InChI is InChI=1S/C16H30N2O3/c1-15(2,3)18-8-11-21-13(14(18)19)12-16(4,5)17-6-9-20-10-7-17/h13H,6-12H2,1-5H3. The molecule has 2 saturated heterocycles. The number of carbonyl (C=O) groups excluding carboxylic acids is 1. The Bertz CT molecular complexity index is 370. The second-order valence-corrected chi connectivity index (χ2v) is 7.64. The lowest BCUT2D eigenvalue weighted by Crippen LogP contribution is -2.59. The van der Waals surface area contributed by atoms with Gasteiger partial charge in [0.05, 0.1) is 19.8 Å². The molecule has 122 valence electrons. The summed E-state index contributed by atoms with van der Waals surface area (Å²) in [7, 11) is 0. The van der Waals surface area contributed by atoms with Crippen LogP contribution in [0.1, 0.15) is 41.0 Å². The van der Waals surface area contributed by atoms with Gasteiger partial charge in [-0.05, 0) is 34.6 Å². The van der Waals surface area contributed by atoms with E-state index < -0.39 is 0 Å². The van der Waals surface area contributed by atoms with Crippen molar-refractivity contribution in [3.8, 4) is 0 Å². The van der Waals surface area contributed by atoms with Crippen molar-refractivity contribution in [3.63, 3.8) is 0 Å². The van der Waals surface area contributed by atoms with Crippen molar-refractivity contribution >= 4 is 5.91 Å². The molecule has 0 bridgehead atoms. The van der Waals surface area contributed by atoms with Crippen LogP contribution >= 0.6 is 0 Å². The van der Waals surface area contributed by atoms with Gasteiger partial charge in [-0.15, -0.1) is 0 Å². The molecule has 0 aliphatic carbocycles. The van der Waals surface area contributed by atoms with Gasteiger partial charge >= 0.3 is 0 Å². The van der Waals surface area contributed by atoms with Crippen LogP contribution < -0.4 is 0 Å². The fraction of sp³-hybridized carbons (Fsp3) is 0.938. The fourth-order valence-corrected chi connectivity index (χ4v) is 3.21. The largest absolute Gasteiger partial charge is 0.379 e. The highest BCUT2D eigenvalue weighted by molar-refractivity contribution is 5.82. The Balaban J connectivity index is 2.02. The number of ether oxygens (including phenoxy) is 2. The van der Waals surface area contributed by atoms with Crippen molar-refractivity contribution in [1.82, 2.24) is 9.80 Å². The monoisotopic (exact) mass is 298 g/mol. The molecule has 5 nitrogen and oxygen atoms in total. The second kappa shape index (κ2) is 6.23. The van der Waals surface area contributed by atoms with Crippen LogP contribution in [0.4, 0.5) is 0 Å². The summed E-state index contributed by atoms with van der Waals surface area (Å²) < 4.78 is 11.2. The van der Waals surface area contributed by atoms with Gasteiger partial charge in [0.2, 0.25) is 0 Å². The van der Waals surface area contributed by atoms with E-state index in [1.54, 1.807) is 0 Å². The van der Waals surface area contributed by atoms with Crippen LogP contribution in [0, 0.1) is 0 Å². The van der Waals surface area contributed by atoms with Gasteiger partial charge in [0.1, 0.15) is 6.10 Å². The first-order chi connectivity index (χ1) is 9.72. The maximum atomic E-state index is 12.7. The van der Waals surface area contributed by atoms with E-state index in [0.717, 1.165) is 32.7 Å². The number of nitrogens with zero attached hydrogens (tertiary/aromatic N) is 2. The van der Waals surface area contributed by atoms with Crippen LogP contribution in [0.3, 0.4) is 0 Å². The van der Waals surface area contributed by atoms with E-state index >= 15 is 0 Å². The first-order valence-electron chi connectivity index (χ1n) is 7.98.